The third-order valence-electron chi connectivity index (χ3n) is 6.48. The molecule has 4 rings (SSSR count). The van der Waals surface area contributed by atoms with Crippen LogP contribution in [0.1, 0.15) is 33.1 Å². The van der Waals surface area contributed by atoms with Crippen molar-refractivity contribution in [3.05, 3.63) is 24.3 Å². The Hall–Kier alpha value is -2.90. The van der Waals surface area contributed by atoms with Gasteiger partial charge in [0.2, 0.25) is 11.8 Å². The molecule has 160 valence electrons. The molecule has 2 aliphatic carbocycles. The van der Waals surface area contributed by atoms with E-state index in [-0.39, 0.29) is 35.5 Å². The van der Waals surface area contributed by atoms with E-state index in [2.05, 4.69) is 5.32 Å². The highest BCUT2D eigenvalue weighted by Gasteiger charge is 2.62. The Morgan fingerprint density at radius 2 is 1.70 bits per heavy atom. The van der Waals surface area contributed by atoms with Gasteiger partial charge >= 0.3 is 5.97 Å². The van der Waals surface area contributed by atoms with E-state index in [0.717, 1.165) is 24.2 Å². The number of nitrogens with one attached hydrogen (secondary N) is 1. The van der Waals surface area contributed by atoms with Crippen LogP contribution in [0.25, 0.3) is 0 Å². The van der Waals surface area contributed by atoms with Crippen LogP contribution in [0.4, 0.5) is 5.69 Å². The van der Waals surface area contributed by atoms with Crippen LogP contribution in [0.2, 0.25) is 0 Å². The number of esters is 1. The molecule has 3 aliphatic rings. The monoisotopic (exact) mass is 414 g/mol. The van der Waals surface area contributed by atoms with Crippen LogP contribution in [-0.2, 0) is 23.9 Å². The molecule has 8 nitrogen and oxygen atoms in total. The minimum atomic E-state index is -1.03. The van der Waals surface area contributed by atoms with E-state index in [1.807, 2.05) is 6.92 Å². The summed E-state index contributed by atoms with van der Waals surface area (Å²) in [6.07, 6.45) is 2.89. The van der Waals surface area contributed by atoms with Crippen LogP contribution < -0.4 is 10.1 Å². The fourth-order valence-corrected chi connectivity index (χ4v) is 5.17. The smallest absolute Gasteiger partial charge is 0.329 e. The van der Waals surface area contributed by atoms with Crippen LogP contribution in [0.3, 0.4) is 0 Å². The van der Waals surface area contributed by atoms with Crippen molar-refractivity contribution < 1.29 is 28.7 Å². The lowest BCUT2D eigenvalue weighted by atomic mass is 9.81. The zero-order chi connectivity index (χ0) is 21.4. The van der Waals surface area contributed by atoms with E-state index in [4.69, 9.17) is 9.47 Å². The molecule has 1 aliphatic heterocycles. The van der Waals surface area contributed by atoms with Gasteiger partial charge in [0.05, 0.1) is 18.4 Å². The van der Waals surface area contributed by atoms with E-state index in [9.17, 15) is 19.2 Å². The van der Waals surface area contributed by atoms with Gasteiger partial charge in [-0.25, -0.2) is 4.79 Å². The van der Waals surface area contributed by atoms with Gasteiger partial charge in [0.1, 0.15) is 11.8 Å². The molecule has 1 aromatic carbocycles. The summed E-state index contributed by atoms with van der Waals surface area (Å²) in [5.41, 5.74) is 0.542. The molecule has 8 heteroatoms. The second-order valence-electron chi connectivity index (χ2n) is 8.22. The zero-order valence-corrected chi connectivity index (χ0v) is 17.1. The van der Waals surface area contributed by atoms with Crippen molar-refractivity contribution in [3.63, 3.8) is 0 Å². The second-order valence-corrected chi connectivity index (χ2v) is 8.22. The number of ether oxygens (including phenoxy) is 2. The van der Waals surface area contributed by atoms with Crippen LogP contribution in [0.15, 0.2) is 24.3 Å². The molecule has 1 aromatic rings. The number of hydrogen-bond acceptors (Lipinski definition) is 6. The molecule has 3 amide bonds. The summed E-state index contributed by atoms with van der Waals surface area (Å²) in [5.74, 6) is -1.16. The Kier molecular flexibility index (Phi) is 5.49. The molecule has 2 bridgehead atoms. The number of fused-ring (bicyclic) bond motifs is 5. The summed E-state index contributed by atoms with van der Waals surface area (Å²) in [6, 6.07) is 5.78. The topological polar surface area (TPSA) is 102 Å². The third kappa shape index (κ3) is 3.55. The first-order valence-electron chi connectivity index (χ1n) is 10.5. The Morgan fingerprint density at radius 1 is 1.10 bits per heavy atom. The highest BCUT2D eigenvalue weighted by atomic mass is 16.5. The average Bonchev–Trinajstić information content (AvgIpc) is 3.41. The lowest BCUT2D eigenvalue weighted by Crippen LogP contribution is -2.45. The number of amides is 3. The maximum atomic E-state index is 12.8. The highest BCUT2D eigenvalue weighted by molar-refractivity contribution is 6.08. The van der Waals surface area contributed by atoms with E-state index in [0.29, 0.717) is 18.0 Å². The van der Waals surface area contributed by atoms with Gasteiger partial charge in [-0.1, -0.05) is 0 Å². The third-order valence-corrected chi connectivity index (χ3v) is 6.48. The lowest BCUT2D eigenvalue weighted by molar-refractivity contribution is -0.159. The first-order valence-corrected chi connectivity index (χ1v) is 10.5. The van der Waals surface area contributed by atoms with Gasteiger partial charge in [-0.05, 0) is 69.2 Å². The van der Waals surface area contributed by atoms with Crippen LogP contribution >= 0.6 is 0 Å². The predicted octanol–water partition coefficient (Wildman–Crippen LogP) is 1.99. The summed E-state index contributed by atoms with van der Waals surface area (Å²) in [4.78, 5) is 51.2. The van der Waals surface area contributed by atoms with Crippen molar-refractivity contribution in [2.24, 2.45) is 23.7 Å². The average molecular weight is 414 g/mol. The number of anilines is 1. The lowest BCUT2D eigenvalue weighted by Gasteiger charge is -2.23. The van der Waals surface area contributed by atoms with Crippen molar-refractivity contribution in [1.29, 1.82) is 0 Å². The van der Waals surface area contributed by atoms with E-state index >= 15 is 0 Å². The van der Waals surface area contributed by atoms with Crippen molar-refractivity contribution >= 4 is 29.4 Å². The molecule has 1 saturated heterocycles. The molecular weight excluding hydrogens is 388 g/mol. The first-order chi connectivity index (χ1) is 14.4. The molecule has 0 unspecified atom stereocenters. The summed E-state index contributed by atoms with van der Waals surface area (Å²) >= 11 is 0. The van der Waals surface area contributed by atoms with Crippen LogP contribution in [0.5, 0.6) is 5.75 Å². The summed E-state index contributed by atoms with van der Waals surface area (Å²) in [5, 5.41) is 2.63. The molecule has 1 heterocycles. The second kappa shape index (κ2) is 8.08. The maximum Gasteiger partial charge on any atom is 0.329 e. The van der Waals surface area contributed by atoms with Crippen LogP contribution in [0, 0.1) is 23.7 Å². The van der Waals surface area contributed by atoms with E-state index in [1.165, 1.54) is 6.92 Å². The number of imide groups is 1. The molecule has 3 fully saturated rings. The zero-order valence-electron chi connectivity index (χ0n) is 17.1. The van der Waals surface area contributed by atoms with E-state index < -0.39 is 24.5 Å². The van der Waals surface area contributed by atoms with Gasteiger partial charge < -0.3 is 14.8 Å². The van der Waals surface area contributed by atoms with Gasteiger partial charge in [-0.15, -0.1) is 0 Å². The largest absolute Gasteiger partial charge is 0.494 e. The molecule has 0 aromatic heterocycles. The normalized spacial score (nSPS) is 27.7. The number of carbonyl (C=O) groups excluding carboxylic acids is 4. The van der Waals surface area contributed by atoms with E-state index in [1.54, 1.807) is 24.3 Å². The summed E-state index contributed by atoms with van der Waals surface area (Å²) < 4.78 is 10.4. The maximum absolute atomic E-state index is 12.8. The molecule has 0 spiro atoms. The van der Waals surface area contributed by atoms with Crippen molar-refractivity contribution in [1.82, 2.24) is 4.90 Å². The van der Waals surface area contributed by atoms with Gasteiger partial charge in [0, 0.05) is 5.69 Å². The fourth-order valence-electron chi connectivity index (χ4n) is 5.17. The van der Waals surface area contributed by atoms with Crippen molar-refractivity contribution in [3.8, 4) is 5.75 Å². The summed E-state index contributed by atoms with van der Waals surface area (Å²) in [7, 11) is 0. The predicted molar refractivity (Wildman–Crippen MR) is 106 cm³/mol. The van der Waals surface area contributed by atoms with Crippen molar-refractivity contribution in [2.45, 2.75) is 39.2 Å². The SMILES string of the molecule is CCOc1ccc(NC(=O)COC(=O)[C@@H](C)N2C(=O)[C@H]3[C@H]4CC[C@@H](C4)[C@@H]3C2=O)cc1. The molecule has 1 N–H and O–H groups in total. The number of carbonyl (C=O) groups is 4. The Bertz CT molecular complexity index is 839. The van der Waals surface area contributed by atoms with Gasteiger partial charge in [-0.3, -0.25) is 19.3 Å². The number of hydrogen-bond donors (Lipinski definition) is 1. The number of nitrogens with zero attached hydrogens (tertiary/aromatic N) is 1. The Morgan fingerprint density at radius 3 is 2.27 bits per heavy atom. The number of likely N-dealkylation sites (tertiary alicyclic amines) is 1. The molecule has 30 heavy (non-hydrogen) atoms. The van der Waals surface area contributed by atoms with Gasteiger partial charge in [0.15, 0.2) is 6.61 Å². The van der Waals surface area contributed by atoms with Crippen LogP contribution in [-0.4, -0.2) is 47.8 Å². The van der Waals surface area contributed by atoms with Gasteiger partial charge in [-0.2, -0.15) is 0 Å². The van der Waals surface area contributed by atoms with Crippen molar-refractivity contribution in [2.75, 3.05) is 18.5 Å². The Balaban J connectivity index is 1.30. The fraction of sp³-hybridized carbons (Fsp3) is 0.545. The molecule has 2 saturated carbocycles. The minimum absolute atomic E-state index is 0.254. The highest BCUT2D eigenvalue weighted by Crippen LogP contribution is 2.56. The first kappa shape index (κ1) is 20.4. The molecular formula is C22H26N2O6. The molecule has 5 atom stereocenters. The minimum Gasteiger partial charge on any atom is -0.494 e. The standard InChI is InChI=1S/C22H26N2O6/c1-3-29-16-8-6-15(7-9-16)23-17(25)11-30-22(28)12(2)24-20(26)18-13-4-5-14(10-13)19(18)21(24)27/h6-9,12-14,18-19H,3-5,10-11H2,1-2H3,(H,23,25)/t12-,13+,14+,18+,19+/m1/s1. The Labute approximate surface area is 174 Å². The number of benzene rings is 1. The van der Waals surface area contributed by atoms with Gasteiger partial charge in [0.25, 0.3) is 5.91 Å². The summed E-state index contributed by atoms with van der Waals surface area (Å²) in [6.45, 7) is 3.41. The quantitative estimate of drug-likeness (QED) is 0.541. The molecule has 0 radical (unpaired) electrons. The number of rotatable bonds is 7.